The Morgan fingerprint density at radius 1 is 1.18 bits per heavy atom. The van der Waals surface area contributed by atoms with Crippen molar-refractivity contribution in [3.63, 3.8) is 0 Å². The van der Waals surface area contributed by atoms with Crippen LogP contribution in [0.5, 0.6) is 0 Å². The van der Waals surface area contributed by atoms with E-state index in [0.29, 0.717) is 5.92 Å². The van der Waals surface area contributed by atoms with Gasteiger partial charge in [0.05, 0.1) is 0 Å². The van der Waals surface area contributed by atoms with Crippen LogP contribution in [0.25, 0.3) is 0 Å². The number of nitrogens with one attached hydrogen (secondary N) is 1. The van der Waals surface area contributed by atoms with Gasteiger partial charge >= 0.3 is 0 Å². The van der Waals surface area contributed by atoms with E-state index in [-0.39, 0.29) is 0 Å². The van der Waals surface area contributed by atoms with Gasteiger partial charge in [-0.05, 0) is 42.9 Å². The maximum Gasteiger partial charge on any atom is 0.0405 e. The monoisotopic (exact) mass is 234 g/mol. The standard InChI is InChI=1S/C15H26N2/c1-4-13-7-6-8-14(5-2)15(13)17-11-12(3)9-10-16/h6-8,12,17H,4-5,9-11,16H2,1-3H3. The van der Waals surface area contributed by atoms with E-state index >= 15 is 0 Å². The van der Waals surface area contributed by atoms with Gasteiger partial charge in [-0.1, -0.05) is 39.0 Å². The fourth-order valence-electron chi connectivity index (χ4n) is 2.13. The molecule has 0 fully saturated rings. The van der Waals surface area contributed by atoms with E-state index in [4.69, 9.17) is 5.73 Å². The van der Waals surface area contributed by atoms with E-state index < -0.39 is 0 Å². The van der Waals surface area contributed by atoms with Crippen molar-refractivity contribution in [2.75, 3.05) is 18.4 Å². The summed E-state index contributed by atoms with van der Waals surface area (Å²) in [6, 6.07) is 6.59. The molecule has 0 spiro atoms. The summed E-state index contributed by atoms with van der Waals surface area (Å²) in [7, 11) is 0. The molecule has 17 heavy (non-hydrogen) atoms. The minimum absolute atomic E-state index is 0.634. The maximum absolute atomic E-state index is 5.58. The highest BCUT2D eigenvalue weighted by Gasteiger charge is 2.07. The first-order valence-corrected chi connectivity index (χ1v) is 6.77. The first kappa shape index (κ1) is 14.0. The minimum Gasteiger partial charge on any atom is -0.384 e. The zero-order chi connectivity index (χ0) is 12.7. The molecule has 0 aliphatic heterocycles. The van der Waals surface area contributed by atoms with Crippen molar-refractivity contribution in [2.24, 2.45) is 11.7 Å². The van der Waals surface area contributed by atoms with Crippen LogP contribution >= 0.6 is 0 Å². The highest BCUT2D eigenvalue weighted by atomic mass is 14.9. The molecule has 0 aliphatic carbocycles. The van der Waals surface area contributed by atoms with Crippen LogP contribution in [-0.4, -0.2) is 13.1 Å². The largest absolute Gasteiger partial charge is 0.384 e. The number of benzene rings is 1. The molecule has 96 valence electrons. The minimum atomic E-state index is 0.634. The Bertz CT molecular complexity index is 311. The van der Waals surface area contributed by atoms with E-state index in [1.165, 1.54) is 16.8 Å². The van der Waals surface area contributed by atoms with Gasteiger partial charge in [-0.15, -0.1) is 0 Å². The first-order chi connectivity index (χ1) is 8.22. The zero-order valence-electron chi connectivity index (χ0n) is 11.4. The molecule has 1 aromatic rings. The summed E-state index contributed by atoms with van der Waals surface area (Å²) < 4.78 is 0. The molecule has 1 rings (SSSR count). The van der Waals surface area contributed by atoms with Gasteiger partial charge in [0.25, 0.3) is 0 Å². The van der Waals surface area contributed by atoms with Crippen LogP contribution in [0.1, 0.15) is 38.3 Å². The van der Waals surface area contributed by atoms with Crippen molar-refractivity contribution < 1.29 is 0 Å². The van der Waals surface area contributed by atoms with Gasteiger partial charge in [0.1, 0.15) is 0 Å². The van der Waals surface area contributed by atoms with E-state index in [1.807, 2.05) is 0 Å². The van der Waals surface area contributed by atoms with Crippen LogP contribution in [0.3, 0.4) is 0 Å². The first-order valence-electron chi connectivity index (χ1n) is 6.77. The van der Waals surface area contributed by atoms with Gasteiger partial charge in [-0.3, -0.25) is 0 Å². The molecular formula is C15H26N2. The summed E-state index contributed by atoms with van der Waals surface area (Å²) in [4.78, 5) is 0. The van der Waals surface area contributed by atoms with E-state index in [0.717, 1.165) is 32.4 Å². The van der Waals surface area contributed by atoms with Gasteiger partial charge in [0.2, 0.25) is 0 Å². The zero-order valence-corrected chi connectivity index (χ0v) is 11.4. The predicted molar refractivity (Wildman–Crippen MR) is 76.5 cm³/mol. The Labute approximate surface area is 106 Å². The van der Waals surface area contributed by atoms with E-state index in [2.05, 4.69) is 44.3 Å². The quantitative estimate of drug-likeness (QED) is 0.760. The lowest BCUT2D eigenvalue weighted by atomic mass is 10.0. The van der Waals surface area contributed by atoms with Crippen molar-refractivity contribution in [1.29, 1.82) is 0 Å². The average Bonchev–Trinajstić information content (AvgIpc) is 2.36. The van der Waals surface area contributed by atoms with Crippen LogP contribution in [0.15, 0.2) is 18.2 Å². The summed E-state index contributed by atoms with van der Waals surface area (Å²) >= 11 is 0. The molecular weight excluding hydrogens is 208 g/mol. The van der Waals surface area contributed by atoms with Gasteiger partial charge in [0, 0.05) is 12.2 Å². The molecule has 1 atom stereocenters. The second-order valence-corrected chi connectivity index (χ2v) is 4.72. The normalized spacial score (nSPS) is 12.5. The van der Waals surface area contributed by atoms with Crippen molar-refractivity contribution in [2.45, 2.75) is 40.0 Å². The van der Waals surface area contributed by atoms with E-state index in [1.54, 1.807) is 0 Å². The lowest BCUT2D eigenvalue weighted by Gasteiger charge is -2.18. The van der Waals surface area contributed by atoms with Crippen LogP contribution < -0.4 is 11.1 Å². The molecule has 0 saturated heterocycles. The molecule has 0 aromatic heterocycles. The topological polar surface area (TPSA) is 38.0 Å². The number of nitrogens with two attached hydrogens (primary N) is 1. The molecule has 2 nitrogen and oxygen atoms in total. The molecule has 0 amide bonds. The Hall–Kier alpha value is -1.02. The van der Waals surface area contributed by atoms with E-state index in [9.17, 15) is 0 Å². The highest BCUT2D eigenvalue weighted by molar-refractivity contribution is 5.57. The molecule has 1 aromatic carbocycles. The molecule has 1 unspecified atom stereocenters. The molecule has 3 N–H and O–H groups in total. The van der Waals surface area contributed by atoms with Crippen molar-refractivity contribution in [3.8, 4) is 0 Å². The predicted octanol–water partition coefficient (Wildman–Crippen LogP) is 3.21. The number of aryl methyl sites for hydroxylation is 2. The lowest BCUT2D eigenvalue weighted by molar-refractivity contribution is 0.568. The third kappa shape index (κ3) is 4.04. The summed E-state index contributed by atoms with van der Waals surface area (Å²) in [6.07, 6.45) is 3.26. The SMILES string of the molecule is CCc1cccc(CC)c1NCC(C)CCN. The van der Waals surface area contributed by atoms with Gasteiger partial charge in [0.15, 0.2) is 0 Å². The Balaban J connectivity index is 2.74. The average molecular weight is 234 g/mol. The molecule has 0 saturated carbocycles. The van der Waals surface area contributed by atoms with Crippen LogP contribution in [0.4, 0.5) is 5.69 Å². The molecule has 0 radical (unpaired) electrons. The highest BCUT2D eigenvalue weighted by Crippen LogP contribution is 2.23. The summed E-state index contributed by atoms with van der Waals surface area (Å²) in [6.45, 7) is 8.46. The molecule has 0 aliphatic rings. The summed E-state index contributed by atoms with van der Waals surface area (Å²) in [5, 5.41) is 3.61. The number of anilines is 1. The Kier molecular flexibility index (Phi) is 6.06. The second kappa shape index (κ2) is 7.33. The smallest absolute Gasteiger partial charge is 0.0405 e. The van der Waals surface area contributed by atoms with Crippen molar-refractivity contribution in [1.82, 2.24) is 0 Å². The van der Waals surface area contributed by atoms with Crippen LogP contribution in [0, 0.1) is 5.92 Å². The van der Waals surface area contributed by atoms with Crippen LogP contribution in [0.2, 0.25) is 0 Å². The Morgan fingerprint density at radius 2 is 1.76 bits per heavy atom. The van der Waals surface area contributed by atoms with Gasteiger partial charge in [-0.2, -0.15) is 0 Å². The number of hydrogen-bond acceptors (Lipinski definition) is 2. The summed E-state index contributed by atoms with van der Waals surface area (Å²) in [5.74, 6) is 0.634. The maximum atomic E-state index is 5.58. The fourth-order valence-corrected chi connectivity index (χ4v) is 2.13. The van der Waals surface area contributed by atoms with Crippen LogP contribution in [-0.2, 0) is 12.8 Å². The Morgan fingerprint density at radius 3 is 2.24 bits per heavy atom. The second-order valence-electron chi connectivity index (χ2n) is 4.72. The summed E-state index contributed by atoms with van der Waals surface area (Å²) in [5.41, 5.74) is 9.77. The molecule has 2 heteroatoms. The molecule has 0 bridgehead atoms. The number of hydrogen-bond donors (Lipinski definition) is 2. The third-order valence-electron chi connectivity index (χ3n) is 3.29. The lowest BCUT2D eigenvalue weighted by Crippen LogP contribution is -2.16. The van der Waals surface area contributed by atoms with Gasteiger partial charge in [-0.25, -0.2) is 0 Å². The van der Waals surface area contributed by atoms with Crippen molar-refractivity contribution in [3.05, 3.63) is 29.3 Å². The van der Waals surface area contributed by atoms with Gasteiger partial charge < -0.3 is 11.1 Å². The number of para-hydroxylation sites is 1. The third-order valence-corrected chi connectivity index (χ3v) is 3.29. The molecule has 0 heterocycles. The van der Waals surface area contributed by atoms with Crippen molar-refractivity contribution >= 4 is 5.69 Å². The number of rotatable bonds is 7. The fraction of sp³-hybridized carbons (Fsp3) is 0.600.